The molecule has 0 bridgehead atoms. The molecule has 3 N–H and O–H groups in total. The maximum Gasteiger partial charge on any atom is 0.152 e. The van der Waals surface area contributed by atoms with E-state index in [2.05, 4.69) is 5.32 Å². The third-order valence-corrected chi connectivity index (χ3v) is 5.47. The molecule has 100 valence electrons. The summed E-state index contributed by atoms with van der Waals surface area (Å²) in [7, 11) is -3.08. The van der Waals surface area contributed by atoms with Crippen molar-refractivity contribution in [3.63, 3.8) is 0 Å². The molecular weight excluding hydrogens is 248 g/mol. The van der Waals surface area contributed by atoms with Gasteiger partial charge in [0, 0.05) is 18.5 Å². The predicted octanol–water partition coefficient (Wildman–Crippen LogP) is 1.39. The number of rotatable bonds is 4. The van der Waals surface area contributed by atoms with Crippen molar-refractivity contribution >= 4 is 15.5 Å². The highest BCUT2D eigenvalue weighted by atomic mass is 32.2. The zero-order valence-electron chi connectivity index (χ0n) is 10.6. The smallest absolute Gasteiger partial charge is 0.152 e. The van der Waals surface area contributed by atoms with Crippen molar-refractivity contribution in [2.45, 2.75) is 30.1 Å². The van der Waals surface area contributed by atoms with E-state index >= 15 is 0 Å². The number of sulfone groups is 1. The van der Waals surface area contributed by atoms with Gasteiger partial charge in [0.15, 0.2) is 9.84 Å². The third-order valence-electron chi connectivity index (χ3n) is 3.75. The van der Waals surface area contributed by atoms with Crippen LogP contribution in [0.3, 0.4) is 0 Å². The molecule has 1 saturated carbocycles. The summed E-state index contributed by atoms with van der Waals surface area (Å²) in [6, 6.07) is 9.67. The van der Waals surface area contributed by atoms with E-state index in [1.54, 1.807) is 0 Å². The van der Waals surface area contributed by atoms with Crippen LogP contribution in [-0.2, 0) is 9.84 Å². The first-order chi connectivity index (χ1) is 8.48. The average Bonchev–Trinajstić information content (AvgIpc) is 2.74. The summed E-state index contributed by atoms with van der Waals surface area (Å²) in [5.41, 5.74) is 6.29. The highest BCUT2D eigenvalue weighted by molar-refractivity contribution is 7.91. The highest BCUT2D eigenvalue weighted by Crippen LogP contribution is 2.36. The van der Waals surface area contributed by atoms with Crippen LogP contribution in [0.1, 0.15) is 19.3 Å². The first-order valence-corrected chi connectivity index (χ1v) is 8.15. The van der Waals surface area contributed by atoms with Gasteiger partial charge in [-0.1, -0.05) is 18.2 Å². The van der Waals surface area contributed by atoms with E-state index < -0.39 is 20.6 Å². The summed E-state index contributed by atoms with van der Waals surface area (Å²) in [5.74, 6) is 0. The molecule has 2 rings (SSSR count). The van der Waals surface area contributed by atoms with Crippen LogP contribution in [-0.4, -0.2) is 32.0 Å². The summed E-state index contributed by atoms with van der Waals surface area (Å²) in [6.07, 6.45) is 3.70. The third kappa shape index (κ3) is 2.52. The monoisotopic (exact) mass is 268 g/mol. The van der Waals surface area contributed by atoms with Gasteiger partial charge in [0.2, 0.25) is 0 Å². The number of anilines is 1. The molecule has 1 fully saturated rings. The van der Waals surface area contributed by atoms with Gasteiger partial charge in [-0.15, -0.1) is 0 Å². The van der Waals surface area contributed by atoms with E-state index in [-0.39, 0.29) is 0 Å². The number of nitrogens with two attached hydrogens (primary N) is 1. The van der Waals surface area contributed by atoms with Gasteiger partial charge in [-0.2, -0.15) is 0 Å². The van der Waals surface area contributed by atoms with Crippen molar-refractivity contribution in [3.05, 3.63) is 30.3 Å². The van der Waals surface area contributed by atoms with Crippen molar-refractivity contribution in [2.75, 3.05) is 18.1 Å². The van der Waals surface area contributed by atoms with E-state index in [1.807, 2.05) is 30.3 Å². The Hall–Kier alpha value is -1.07. The fourth-order valence-electron chi connectivity index (χ4n) is 2.90. The quantitative estimate of drug-likeness (QED) is 0.865. The first kappa shape index (κ1) is 13.4. The van der Waals surface area contributed by atoms with Gasteiger partial charge >= 0.3 is 0 Å². The van der Waals surface area contributed by atoms with Gasteiger partial charge in [-0.25, -0.2) is 8.42 Å². The molecular formula is C13H20N2O2S. The Morgan fingerprint density at radius 2 is 2.06 bits per heavy atom. The molecule has 0 amide bonds. The Labute approximate surface area is 108 Å². The Morgan fingerprint density at radius 3 is 2.61 bits per heavy atom. The highest BCUT2D eigenvalue weighted by Gasteiger charge is 2.47. The molecule has 0 saturated heterocycles. The predicted molar refractivity (Wildman–Crippen MR) is 74.3 cm³/mol. The van der Waals surface area contributed by atoms with Crippen molar-refractivity contribution in [1.82, 2.24) is 0 Å². The van der Waals surface area contributed by atoms with E-state index in [1.165, 1.54) is 6.26 Å². The number of para-hydroxylation sites is 1. The maximum absolute atomic E-state index is 11.9. The van der Waals surface area contributed by atoms with Crippen molar-refractivity contribution in [2.24, 2.45) is 5.73 Å². The fraction of sp³-hybridized carbons (Fsp3) is 0.538. The van der Waals surface area contributed by atoms with Crippen LogP contribution in [0.25, 0.3) is 0 Å². The number of hydrogen-bond acceptors (Lipinski definition) is 4. The van der Waals surface area contributed by atoms with Crippen molar-refractivity contribution in [1.29, 1.82) is 0 Å². The second-order valence-corrected chi connectivity index (χ2v) is 7.29. The zero-order chi connectivity index (χ0) is 13.2. The second kappa shape index (κ2) is 4.90. The SMILES string of the molecule is CS(=O)(=O)C1CCCC1(CN)Nc1ccccc1. The minimum absolute atomic E-state index is 0.333. The van der Waals surface area contributed by atoms with Crippen LogP contribution in [0.15, 0.2) is 30.3 Å². The van der Waals surface area contributed by atoms with Crippen molar-refractivity contribution < 1.29 is 8.42 Å². The summed E-state index contributed by atoms with van der Waals surface area (Å²) in [4.78, 5) is 0. The van der Waals surface area contributed by atoms with E-state index in [9.17, 15) is 8.42 Å². The molecule has 18 heavy (non-hydrogen) atoms. The van der Waals surface area contributed by atoms with Crippen molar-refractivity contribution in [3.8, 4) is 0 Å². The van der Waals surface area contributed by atoms with Crippen LogP contribution in [0.4, 0.5) is 5.69 Å². The molecule has 1 aliphatic rings. The summed E-state index contributed by atoms with van der Waals surface area (Å²) < 4.78 is 23.8. The Bertz CT molecular complexity index is 501. The summed E-state index contributed by atoms with van der Waals surface area (Å²) in [6.45, 7) is 0.333. The number of hydrogen-bond donors (Lipinski definition) is 2. The van der Waals surface area contributed by atoms with Crippen LogP contribution in [0.5, 0.6) is 0 Å². The molecule has 0 aliphatic heterocycles. The van der Waals surface area contributed by atoms with Crippen LogP contribution in [0, 0.1) is 0 Å². The lowest BCUT2D eigenvalue weighted by Crippen LogP contribution is -2.54. The maximum atomic E-state index is 11.9. The largest absolute Gasteiger partial charge is 0.377 e. The Morgan fingerprint density at radius 1 is 1.39 bits per heavy atom. The van der Waals surface area contributed by atoms with E-state index in [0.29, 0.717) is 13.0 Å². The normalized spacial score (nSPS) is 28.2. The number of nitrogens with one attached hydrogen (secondary N) is 1. The van der Waals surface area contributed by atoms with Gasteiger partial charge in [0.25, 0.3) is 0 Å². The number of benzene rings is 1. The lowest BCUT2D eigenvalue weighted by atomic mass is 9.97. The Balaban J connectivity index is 2.30. The lowest BCUT2D eigenvalue weighted by molar-refractivity contribution is 0.479. The molecule has 0 aromatic heterocycles. The molecule has 1 aliphatic carbocycles. The molecule has 1 aromatic carbocycles. The lowest BCUT2D eigenvalue weighted by Gasteiger charge is -2.35. The van der Waals surface area contributed by atoms with E-state index in [0.717, 1.165) is 18.5 Å². The van der Waals surface area contributed by atoms with Gasteiger partial charge in [0.05, 0.1) is 10.8 Å². The Kier molecular flexibility index (Phi) is 3.64. The topological polar surface area (TPSA) is 72.2 Å². The molecule has 0 heterocycles. The molecule has 5 heteroatoms. The summed E-state index contributed by atoms with van der Waals surface area (Å²) in [5, 5.41) is 2.96. The minimum Gasteiger partial charge on any atom is -0.377 e. The molecule has 2 atom stereocenters. The molecule has 4 nitrogen and oxygen atoms in total. The standard InChI is InChI=1S/C13H20N2O2S/c1-18(16,17)12-8-5-9-13(12,10-14)15-11-6-3-2-4-7-11/h2-4,6-7,12,15H,5,8-10,14H2,1H3. The van der Waals surface area contributed by atoms with Crippen LogP contribution in [0.2, 0.25) is 0 Å². The second-order valence-electron chi connectivity index (χ2n) is 5.06. The molecule has 0 radical (unpaired) electrons. The molecule has 1 aromatic rings. The minimum atomic E-state index is -3.08. The molecule has 2 unspecified atom stereocenters. The van der Waals surface area contributed by atoms with Gasteiger partial charge < -0.3 is 11.1 Å². The molecule has 0 spiro atoms. The average molecular weight is 268 g/mol. The summed E-state index contributed by atoms with van der Waals surface area (Å²) >= 11 is 0. The van der Waals surface area contributed by atoms with E-state index in [4.69, 9.17) is 5.73 Å². The first-order valence-electron chi connectivity index (χ1n) is 6.20. The van der Waals surface area contributed by atoms with Gasteiger partial charge in [0.1, 0.15) is 0 Å². The van der Waals surface area contributed by atoms with Gasteiger partial charge in [-0.05, 0) is 31.4 Å². The van der Waals surface area contributed by atoms with Crippen LogP contribution >= 0.6 is 0 Å². The zero-order valence-corrected chi connectivity index (χ0v) is 11.4. The van der Waals surface area contributed by atoms with Crippen LogP contribution < -0.4 is 11.1 Å². The fourth-order valence-corrected chi connectivity index (χ4v) is 4.59. The van der Waals surface area contributed by atoms with Gasteiger partial charge in [-0.3, -0.25) is 0 Å².